The van der Waals surface area contributed by atoms with Crippen molar-refractivity contribution in [3.63, 3.8) is 0 Å². The summed E-state index contributed by atoms with van der Waals surface area (Å²) >= 11 is 0. The van der Waals surface area contributed by atoms with Gasteiger partial charge in [0.1, 0.15) is 5.82 Å². The van der Waals surface area contributed by atoms with E-state index < -0.39 is 21.1 Å². The maximum atomic E-state index is 13.3. The summed E-state index contributed by atoms with van der Waals surface area (Å²) in [5.41, 5.74) is 8.38. The number of hydrogen-bond donors (Lipinski definition) is 1. The molecule has 0 atom stereocenters. The molecule has 6 nitrogen and oxygen atoms in total. The summed E-state index contributed by atoms with van der Waals surface area (Å²) in [5, 5.41) is -0.694. The molecular weight excluding hydrogens is 381 g/mol. The molecule has 0 radical (unpaired) electrons. The second-order valence-electron chi connectivity index (χ2n) is 6.71. The number of carbonyl (C=O) groups excluding carboxylic acids is 1. The number of rotatable bonds is 5. The van der Waals surface area contributed by atoms with E-state index in [2.05, 4.69) is 4.98 Å². The van der Waals surface area contributed by atoms with Crippen LogP contribution in [-0.4, -0.2) is 28.4 Å². The molecule has 3 aromatic rings. The number of hydrogen-bond acceptors (Lipinski definition) is 5. The molecular formula is C20H20FN3O3S. The Morgan fingerprint density at radius 2 is 1.75 bits per heavy atom. The zero-order chi connectivity index (χ0) is 20.6. The quantitative estimate of drug-likeness (QED) is 0.662. The third-order valence-corrected chi connectivity index (χ3v) is 6.39. The minimum atomic E-state index is -3.73. The highest BCUT2D eigenvalue weighted by atomic mass is 32.2. The molecule has 146 valence electrons. The smallest absolute Gasteiger partial charge is 0.244 e. The molecule has 0 aliphatic rings. The van der Waals surface area contributed by atoms with Crippen LogP contribution in [0.4, 0.5) is 10.3 Å². The second kappa shape index (κ2) is 7.20. The Morgan fingerprint density at radius 1 is 1.14 bits per heavy atom. The van der Waals surface area contributed by atoms with E-state index in [0.29, 0.717) is 27.7 Å². The Morgan fingerprint density at radius 3 is 2.32 bits per heavy atom. The molecule has 28 heavy (non-hydrogen) atoms. The van der Waals surface area contributed by atoms with Crippen molar-refractivity contribution in [3.05, 3.63) is 65.5 Å². The van der Waals surface area contributed by atoms with Crippen LogP contribution >= 0.6 is 0 Å². The Bertz CT molecular complexity index is 1190. The first-order valence-corrected chi connectivity index (χ1v) is 10.1. The molecule has 0 aliphatic carbocycles. The molecule has 2 aromatic carbocycles. The highest BCUT2D eigenvalue weighted by Crippen LogP contribution is 2.29. The third-order valence-electron chi connectivity index (χ3n) is 4.30. The summed E-state index contributed by atoms with van der Waals surface area (Å²) in [6.45, 7) is 4.53. The number of imidazole rings is 1. The van der Waals surface area contributed by atoms with Gasteiger partial charge in [-0.25, -0.2) is 21.8 Å². The average Bonchev–Trinajstić information content (AvgIpc) is 2.95. The van der Waals surface area contributed by atoms with Crippen LogP contribution in [0, 0.1) is 5.82 Å². The van der Waals surface area contributed by atoms with Crippen molar-refractivity contribution in [2.24, 2.45) is 0 Å². The fourth-order valence-electron chi connectivity index (χ4n) is 2.88. The van der Waals surface area contributed by atoms with E-state index in [1.165, 1.54) is 25.1 Å². The maximum Gasteiger partial charge on any atom is 0.244 e. The van der Waals surface area contributed by atoms with Gasteiger partial charge < -0.3 is 5.73 Å². The fourth-order valence-corrected chi connectivity index (χ4v) is 4.03. The standard InChI is InChI=1S/C20H20FN3O3S/c1-12(2)28(26,27)24-19-11-15(6-9-18(19)23-20(24)22)17(10-13(3)25)14-4-7-16(21)8-5-14/h4-12H,1-3H3,(H2,22,23). The number of allylic oxidation sites excluding steroid dienone is 1. The number of anilines is 1. The molecule has 1 heterocycles. The minimum Gasteiger partial charge on any atom is -0.368 e. The van der Waals surface area contributed by atoms with Crippen molar-refractivity contribution in [1.29, 1.82) is 0 Å². The molecule has 1 aromatic heterocycles. The van der Waals surface area contributed by atoms with Crippen molar-refractivity contribution >= 4 is 38.4 Å². The van der Waals surface area contributed by atoms with Crippen LogP contribution in [-0.2, 0) is 14.8 Å². The fraction of sp³-hybridized carbons (Fsp3) is 0.200. The highest BCUT2D eigenvalue weighted by Gasteiger charge is 2.24. The summed E-state index contributed by atoms with van der Waals surface area (Å²) in [4.78, 5) is 15.9. The van der Waals surface area contributed by atoms with Gasteiger partial charge in [-0.1, -0.05) is 18.2 Å². The van der Waals surface area contributed by atoms with Crippen molar-refractivity contribution in [1.82, 2.24) is 8.96 Å². The Balaban J connectivity index is 2.27. The SMILES string of the molecule is CC(=O)C=C(c1ccc(F)cc1)c1ccc2nc(N)n(S(=O)(=O)C(C)C)c2c1. The molecule has 3 rings (SSSR count). The van der Waals surface area contributed by atoms with E-state index in [4.69, 9.17) is 5.73 Å². The van der Waals surface area contributed by atoms with Gasteiger partial charge in [-0.3, -0.25) is 4.79 Å². The first-order chi connectivity index (χ1) is 13.1. The van der Waals surface area contributed by atoms with Crippen molar-refractivity contribution < 1.29 is 17.6 Å². The third kappa shape index (κ3) is 3.55. The molecule has 0 amide bonds. The van der Waals surface area contributed by atoms with Crippen LogP contribution < -0.4 is 5.73 Å². The molecule has 8 heteroatoms. The van der Waals surface area contributed by atoms with E-state index >= 15 is 0 Å². The largest absolute Gasteiger partial charge is 0.368 e. The lowest BCUT2D eigenvalue weighted by Crippen LogP contribution is -2.23. The van der Waals surface area contributed by atoms with Crippen LogP contribution in [0.2, 0.25) is 0 Å². The van der Waals surface area contributed by atoms with Crippen LogP contribution in [0.5, 0.6) is 0 Å². The minimum absolute atomic E-state index is 0.125. The lowest BCUT2D eigenvalue weighted by molar-refractivity contribution is -0.112. The number of benzene rings is 2. The number of fused-ring (bicyclic) bond motifs is 1. The molecule has 0 bridgehead atoms. The van der Waals surface area contributed by atoms with Crippen LogP contribution in [0.3, 0.4) is 0 Å². The molecule has 0 spiro atoms. The predicted octanol–water partition coefficient (Wildman–Crippen LogP) is 3.36. The summed E-state index contributed by atoms with van der Waals surface area (Å²) < 4.78 is 39.8. The summed E-state index contributed by atoms with van der Waals surface area (Å²) in [7, 11) is -3.73. The Hall–Kier alpha value is -3.00. The van der Waals surface area contributed by atoms with E-state index in [0.717, 1.165) is 3.97 Å². The van der Waals surface area contributed by atoms with E-state index in [1.54, 1.807) is 44.2 Å². The van der Waals surface area contributed by atoms with Gasteiger partial charge in [-0.15, -0.1) is 0 Å². The van der Waals surface area contributed by atoms with Crippen molar-refractivity contribution in [3.8, 4) is 0 Å². The Labute approximate surface area is 162 Å². The lowest BCUT2D eigenvalue weighted by Gasteiger charge is -2.12. The van der Waals surface area contributed by atoms with Crippen LogP contribution in [0.25, 0.3) is 16.6 Å². The van der Waals surface area contributed by atoms with Crippen LogP contribution in [0.1, 0.15) is 31.9 Å². The summed E-state index contributed by atoms with van der Waals surface area (Å²) in [5.74, 6) is -0.711. The lowest BCUT2D eigenvalue weighted by atomic mass is 9.96. The van der Waals surface area contributed by atoms with E-state index in [-0.39, 0.29) is 11.7 Å². The van der Waals surface area contributed by atoms with Gasteiger partial charge in [0, 0.05) is 0 Å². The highest BCUT2D eigenvalue weighted by molar-refractivity contribution is 7.90. The van der Waals surface area contributed by atoms with Gasteiger partial charge in [-0.05, 0) is 67.8 Å². The monoisotopic (exact) mass is 401 g/mol. The van der Waals surface area contributed by atoms with E-state index in [1.807, 2.05) is 0 Å². The van der Waals surface area contributed by atoms with E-state index in [9.17, 15) is 17.6 Å². The molecule has 0 saturated carbocycles. The first-order valence-electron chi connectivity index (χ1n) is 8.62. The summed E-state index contributed by atoms with van der Waals surface area (Å²) in [6, 6.07) is 10.7. The molecule has 2 N–H and O–H groups in total. The normalized spacial score (nSPS) is 12.7. The topological polar surface area (TPSA) is 95.1 Å². The number of carbonyl (C=O) groups is 1. The van der Waals surface area contributed by atoms with Gasteiger partial charge in [0.2, 0.25) is 16.0 Å². The number of nitrogen functional groups attached to an aromatic ring is 1. The number of halogens is 1. The second-order valence-corrected chi connectivity index (χ2v) is 9.05. The number of aromatic nitrogens is 2. The van der Waals surface area contributed by atoms with Crippen molar-refractivity contribution in [2.45, 2.75) is 26.0 Å². The van der Waals surface area contributed by atoms with Crippen molar-refractivity contribution in [2.75, 3.05) is 5.73 Å². The first kappa shape index (κ1) is 19.8. The average molecular weight is 401 g/mol. The predicted molar refractivity (Wildman–Crippen MR) is 108 cm³/mol. The molecule has 0 aliphatic heterocycles. The molecule has 0 fully saturated rings. The number of nitrogens with two attached hydrogens (primary N) is 1. The Kier molecular flexibility index (Phi) is 5.08. The zero-order valence-electron chi connectivity index (χ0n) is 15.7. The number of nitrogens with zero attached hydrogens (tertiary/aromatic N) is 2. The van der Waals surface area contributed by atoms with Crippen LogP contribution in [0.15, 0.2) is 48.5 Å². The zero-order valence-corrected chi connectivity index (χ0v) is 16.5. The van der Waals surface area contributed by atoms with Gasteiger partial charge in [-0.2, -0.15) is 0 Å². The van der Waals surface area contributed by atoms with Gasteiger partial charge >= 0.3 is 0 Å². The van der Waals surface area contributed by atoms with Gasteiger partial charge in [0.15, 0.2) is 5.78 Å². The summed E-state index contributed by atoms with van der Waals surface area (Å²) in [6.07, 6.45) is 1.43. The maximum absolute atomic E-state index is 13.3. The molecule has 0 unspecified atom stereocenters. The number of ketones is 1. The van der Waals surface area contributed by atoms with Gasteiger partial charge in [0.25, 0.3) is 0 Å². The molecule has 0 saturated heterocycles. The van der Waals surface area contributed by atoms with Gasteiger partial charge in [0.05, 0.1) is 16.3 Å².